The zero-order chi connectivity index (χ0) is 15.7. The number of likely N-dealkylation sites (N-methyl/N-ethyl adjacent to an activating group) is 1. The van der Waals surface area contributed by atoms with Gasteiger partial charge in [-0.3, -0.25) is 4.79 Å². The highest BCUT2D eigenvalue weighted by molar-refractivity contribution is 5.89. The van der Waals surface area contributed by atoms with E-state index in [2.05, 4.69) is 0 Å². The van der Waals surface area contributed by atoms with Crippen LogP contribution in [0.15, 0.2) is 24.3 Å². The Morgan fingerprint density at radius 3 is 2.57 bits per heavy atom. The second-order valence-corrected chi connectivity index (χ2v) is 6.98. The standard InChI is InChI=1S/C17H25FN2O/c1-16(2,11-19)12-20(3)15(21)17(8-5-9-17)13-6-4-7-14(18)10-13/h4,6-7,10H,5,8-9,11-12,19H2,1-3H3. The molecule has 0 unspecified atom stereocenters. The van der Waals surface area contributed by atoms with E-state index < -0.39 is 5.41 Å². The molecule has 1 fully saturated rings. The second-order valence-electron chi connectivity index (χ2n) is 6.98. The topological polar surface area (TPSA) is 46.3 Å². The molecule has 2 N–H and O–H groups in total. The summed E-state index contributed by atoms with van der Waals surface area (Å²) in [5.41, 5.74) is 5.90. The van der Waals surface area contributed by atoms with Crippen LogP contribution in [0, 0.1) is 11.2 Å². The summed E-state index contributed by atoms with van der Waals surface area (Å²) in [6.07, 6.45) is 2.60. The lowest BCUT2D eigenvalue weighted by Gasteiger charge is -2.44. The van der Waals surface area contributed by atoms with Crippen LogP contribution in [0.4, 0.5) is 4.39 Å². The predicted octanol–water partition coefficient (Wildman–Crippen LogP) is 2.69. The number of rotatable bonds is 5. The number of benzene rings is 1. The van der Waals surface area contributed by atoms with Crippen LogP contribution in [0.25, 0.3) is 0 Å². The number of carbonyl (C=O) groups is 1. The first-order valence-electron chi connectivity index (χ1n) is 7.52. The van der Waals surface area contributed by atoms with Gasteiger partial charge in [-0.05, 0) is 42.5 Å². The van der Waals surface area contributed by atoms with Gasteiger partial charge in [0.2, 0.25) is 5.91 Å². The molecule has 116 valence electrons. The van der Waals surface area contributed by atoms with Crippen LogP contribution >= 0.6 is 0 Å². The van der Waals surface area contributed by atoms with Crippen molar-refractivity contribution in [3.63, 3.8) is 0 Å². The zero-order valence-corrected chi connectivity index (χ0v) is 13.2. The molecule has 0 spiro atoms. The molecule has 0 bridgehead atoms. The molecule has 1 aromatic carbocycles. The number of amides is 1. The Kier molecular flexibility index (Phi) is 4.38. The summed E-state index contributed by atoms with van der Waals surface area (Å²) in [6, 6.07) is 6.46. The molecule has 0 heterocycles. The van der Waals surface area contributed by atoms with Crippen molar-refractivity contribution < 1.29 is 9.18 Å². The Morgan fingerprint density at radius 1 is 1.43 bits per heavy atom. The average molecular weight is 292 g/mol. The number of hydrogen-bond donors (Lipinski definition) is 1. The molecule has 0 radical (unpaired) electrons. The minimum Gasteiger partial charge on any atom is -0.344 e. The lowest BCUT2D eigenvalue weighted by atomic mass is 9.63. The molecule has 4 heteroatoms. The Bertz CT molecular complexity index is 523. The van der Waals surface area contributed by atoms with Gasteiger partial charge in [0.25, 0.3) is 0 Å². The first-order chi connectivity index (χ1) is 9.81. The van der Waals surface area contributed by atoms with E-state index in [4.69, 9.17) is 5.73 Å². The van der Waals surface area contributed by atoms with Gasteiger partial charge in [-0.15, -0.1) is 0 Å². The van der Waals surface area contributed by atoms with Gasteiger partial charge in [0.1, 0.15) is 5.82 Å². The lowest BCUT2D eigenvalue weighted by Crippen LogP contribution is -2.52. The van der Waals surface area contributed by atoms with Gasteiger partial charge in [0, 0.05) is 13.6 Å². The van der Waals surface area contributed by atoms with Crippen molar-refractivity contribution in [3.05, 3.63) is 35.6 Å². The Balaban J connectivity index is 2.23. The van der Waals surface area contributed by atoms with E-state index in [1.807, 2.05) is 27.0 Å². The molecule has 2 rings (SSSR count). The molecule has 1 aromatic rings. The number of nitrogens with two attached hydrogens (primary N) is 1. The van der Waals surface area contributed by atoms with Gasteiger partial charge in [-0.2, -0.15) is 0 Å². The van der Waals surface area contributed by atoms with Crippen LogP contribution in [-0.2, 0) is 10.2 Å². The highest BCUT2D eigenvalue weighted by Crippen LogP contribution is 2.45. The second kappa shape index (κ2) is 5.76. The van der Waals surface area contributed by atoms with Crippen LogP contribution in [-0.4, -0.2) is 30.9 Å². The molecule has 1 amide bonds. The molecule has 0 aromatic heterocycles. The van der Waals surface area contributed by atoms with E-state index >= 15 is 0 Å². The Morgan fingerprint density at radius 2 is 2.10 bits per heavy atom. The number of carbonyl (C=O) groups excluding carboxylic acids is 1. The van der Waals surface area contributed by atoms with Crippen molar-refractivity contribution in [2.24, 2.45) is 11.1 Å². The largest absolute Gasteiger partial charge is 0.344 e. The summed E-state index contributed by atoms with van der Waals surface area (Å²) in [5.74, 6) is -0.197. The van der Waals surface area contributed by atoms with Crippen molar-refractivity contribution >= 4 is 5.91 Å². The van der Waals surface area contributed by atoms with E-state index in [9.17, 15) is 9.18 Å². The molecule has 3 nitrogen and oxygen atoms in total. The van der Waals surface area contributed by atoms with Crippen LogP contribution in [0.3, 0.4) is 0 Å². The molecule has 1 aliphatic carbocycles. The lowest BCUT2D eigenvalue weighted by molar-refractivity contribution is -0.140. The summed E-state index contributed by atoms with van der Waals surface area (Å²) in [7, 11) is 1.82. The average Bonchev–Trinajstić information content (AvgIpc) is 2.37. The normalized spacial score (nSPS) is 17.2. The monoisotopic (exact) mass is 292 g/mol. The maximum Gasteiger partial charge on any atom is 0.232 e. The molecule has 1 saturated carbocycles. The first kappa shape index (κ1) is 16.0. The van der Waals surface area contributed by atoms with Crippen molar-refractivity contribution in [3.8, 4) is 0 Å². The zero-order valence-electron chi connectivity index (χ0n) is 13.2. The number of hydrogen-bond acceptors (Lipinski definition) is 2. The third-order valence-corrected chi connectivity index (χ3v) is 4.56. The maximum absolute atomic E-state index is 13.5. The van der Waals surface area contributed by atoms with Gasteiger partial charge < -0.3 is 10.6 Å². The first-order valence-corrected chi connectivity index (χ1v) is 7.52. The van der Waals surface area contributed by atoms with Crippen molar-refractivity contribution in [1.82, 2.24) is 4.90 Å². The fraction of sp³-hybridized carbons (Fsp3) is 0.588. The number of halogens is 1. The van der Waals surface area contributed by atoms with Crippen LogP contribution in [0.5, 0.6) is 0 Å². The quantitative estimate of drug-likeness (QED) is 0.907. The minimum absolute atomic E-state index is 0.0841. The van der Waals surface area contributed by atoms with E-state index in [0.717, 1.165) is 24.8 Å². The summed E-state index contributed by atoms with van der Waals surface area (Å²) < 4.78 is 13.5. The Hall–Kier alpha value is -1.42. The molecule has 0 atom stereocenters. The van der Waals surface area contributed by atoms with Crippen LogP contribution in [0.2, 0.25) is 0 Å². The highest BCUT2D eigenvalue weighted by atomic mass is 19.1. The van der Waals surface area contributed by atoms with Crippen molar-refractivity contribution in [2.75, 3.05) is 20.1 Å². The summed E-state index contributed by atoms with van der Waals surface area (Å²) >= 11 is 0. The minimum atomic E-state index is -0.540. The van der Waals surface area contributed by atoms with Crippen LogP contribution in [0.1, 0.15) is 38.7 Å². The molecule has 0 aliphatic heterocycles. The molecule has 1 aliphatic rings. The van der Waals surface area contributed by atoms with Gasteiger partial charge in [-0.1, -0.05) is 32.4 Å². The fourth-order valence-electron chi connectivity index (χ4n) is 3.09. The van der Waals surface area contributed by atoms with Crippen LogP contribution < -0.4 is 5.73 Å². The summed E-state index contributed by atoms with van der Waals surface area (Å²) in [6.45, 7) is 5.23. The molecular weight excluding hydrogens is 267 g/mol. The third-order valence-electron chi connectivity index (χ3n) is 4.56. The SMILES string of the molecule is CN(CC(C)(C)CN)C(=O)C1(c2cccc(F)c2)CCC1. The number of nitrogens with zero attached hydrogens (tertiary/aromatic N) is 1. The fourth-order valence-corrected chi connectivity index (χ4v) is 3.09. The van der Waals surface area contributed by atoms with Crippen molar-refractivity contribution in [1.29, 1.82) is 0 Å². The maximum atomic E-state index is 13.5. The smallest absolute Gasteiger partial charge is 0.232 e. The Labute approximate surface area is 126 Å². The summed E-state index contributed by atoms with van der Waals surface area (Å²) in [4.78, 5) is 14.7. The third kappa shape index (κ3) is 3.10. The van der Waals surface area contributed by atoms with E-state index in [-0.39, 0.29) is 17.1 Å². The van der Waals surface area contributed by atoms with E-state index in [1.165, 1.54) is 12.1 Å². The van der Waals surface area contributed by atoms with Gasteiger partial charge in [-0.25, -0.2) is 4.39 Å². The van der Waals surface area contributed by atoms with Gasteiger partial charge in [0.15, 0.2) is 0 Å². The van der Waals surface area contributed by atoms with Gasteiger partial charge in [0.05, 0.1) is 5.41 Å². The van der Waals surface area contributed by atoms with Crippen molar-refractivity contribution in [2.45, 2.75) is 38.5 Å². The summed E-state index contributed by atoms with van der Waals surface area (Å²) in [5, 5.41) is 0. The predicted molar refractivity (Wildman–Crippen MR) is 82.4 cm³/mol. The van der Waals surface area contributed by atoms with Gasteiger partial charge >= 0.3 is 0 Å². The van der Waals surface area contributed by atoms with E-state index in [1.54, 1.807) is 11.0 Å². The van der Waals surface area contributed by atoms with E-state index in [0.29, 0.717) is 13.1 Å². The molecule has 0 saturated heterocycles. The highest BCUT2D eigenvalue weighted by Gasteiger charge is 2.47. The molecular formula is C17H25FN2O. The molecule has 21 heavy (non-hydrogen) atoms.